The van der Waals surface area contributed by atoms with Gasteiger partial charge in [0.2, 0.25) is 5.89 Å². The number of aryl methyl sites for hydroxylation is 1. The fourth-order valence-electron chi connectivity index (χ4n) is 28.9. The van der Waals surface area contributed by atoms with Crippen molar-refractivity contribution in [2.45, 2.75) is 279 Å². The maximum absolute atomic E-state index is 11.6. The summed E-state index contributed by atoms with van der Waals surface area (Å²) in [7, 11) is 0. The highest BCUT2D eigenvalue weighted by atomic mass is 16.5. The number of rotatable bonds is 27. The summed E-state index contributed by atoms with van der Waals surface area (Å²) in [6.45, 7) is 34.2. The van der Waals surface area contributed by atoms with Crippen LogP contribution >= 0.6 is 0 Å². The minimum atomic E-state index is -0.444. The number of oxazole rings is 1. The minimum Gasteiger partial charge on any atom is -0.494 e. The monoisotopic (exact) mass is 1600 g/mol. The first-order chi connectivity index (χ1) is 58.0. The van der Waals surface area contributed by atoms with Gasteiger partial charge in [-0.15, -0.1) is 0 Å². The number of ether oxygens (including phenoxy) is 2. The molecule has 11 nitrogen and oxygen atoms in total. The molecule has 19 rings (SSSR count). The summed E-state index contributed by atoms with van der Waals surface area (Å²) in [6.07, 6.45) is 39.1. The zero-order valence-electron chi connectivity index (χ0n) is 73.9. The number of carbonyl (C=O) groups excluding carboxylic acids is 1. The Morgan fingerprint density at radius 3 is 1.27 bits per heavy atom. The Morgan fingerprint density at radius 2 is 0.792 bits per heavy atom. The van der Waals surface area contributed by atoms with Crippen molar-refractivity contribution >= 4 is 5.97 Å². The Labute approximate surface area is 714 Å². The number of benzene rings is 4. The normalized spacial score (nSPS) is 29.1. The topological polar surface area (TPSA) is 139 Å². The van der Waals surface area contributed by atoms with Crippen LogP contribution < -0.4 is 4.74 Å². The molecule has 120 heavy (non-hydrogen) atoms. The number of hydrogen-bond acceptors (Lipinski definition) is 11. The van der Waals surface area contributed by atoms with Crippen molar-refractivity contribution in [3.8, 4) is 107 Å². The van der Waals surface area contributed by atoms with Gasteiger partial charge in [-0.2, -0.15) is 0 Å². The van der Waals surface area contributed by atoms with Crippen LogP contribution in [0.15, 0.2) is 169 Å². The maximum atomic E-state index is 11.6. The van der Waals surface area contributed by atoms with Gasteiger partial charge >= 0.3 is 5.97 Å². The summed E-state index contributed by atoms with van der Waals surface area (Å²) in [5.41, 5.74) is 25.5. The van der Waals surface area contributed by atoms with Crippen molar-refractivity contribution in [1.29, 1.82) is 0 Å². The van der Waals surface area contributed by atoms with Crippen LogP contribution in [0, 0.1) is 63.1 Å². The van der Waals surface area contributed by atoms with E-state index in [0.29, 0.717) is 54.2 Å². The van der Waals surface area contributed by atoms with E-state index in [4.69, 9.17) is 48.8 Å². The van der Waals surface area contributed by atoms with Gasteiger partial charge < -0.3 is 13.9 Å². The highest BCUT2D eigenvalue weighted by molar-refractivity contribution is 5.89. The van der Waals surface area contributed by atoms with Crippen LogP contribution in [0.1, 0.15) is 296 Å². The smallest absolute Gasteiger partial charge is 0.333 e. The average molecular weight is 1600 g/mol. The second kappa shape index (κ2) is 30.7. The van der Waals surface area contributed by atoms with Crippen LogP contribution in [0.2, 0.25) is 0 Å². The van der Waals surface area contributed by atoms with Crippen molar-refractivity contribution in [1.82, 2.24) is 34.9 Å². The van der Waals surface area contributed by atoms with Crippen LogP contribution in [0.3, 0.4) is 0 Å². The van der Waals surface area contributed by atoms with Crippen molar-refractivity contribution in [2.75, 3.05) is 13.2 Å². The van der Waals surface area contributed by atoms with Gasteiger partial charge in [-0.3, -0.25) is 9.97 Å². The molecule has 11 heteroatoms. The zero-order valence-corrected chi connectivity index (χ0v) is 73.9. The van der Waals surface area contributed by atoms with Crippen LogP contribution in [0.4, 0.5) is 0 Å². The van der Waals surface area contributed by atoms with Gasteiger partial charge in [0.1, 0.15) is 5.75 Å². The van der Waals surface area contributed by atoms with Crippen LogP contribution in [-0.2, 0) is 25.8 Å². The quantitative estimate of drug-likeness (QED) is 0.0276. The summed E-state index contributed by atoms with van der Waals surface area (Å²) in [5, 5.41) is 0. The largest absolute Gasteiger partial charge is 0.494 e. The predicted molar refractivity (Wildman–Crippen MR) is 485 cm³/mol. The molecule has 3 spiro atoms. The lowest BCUT2D eigenvalue weighted by Gasteiger charge is -2.67. The third kappa shape index (κ3) is 12.4. The lowest BCUT2D eigenvalue weighted by molar-refractivity contribution is -0.139. The number of aromatic nitrogens is 7. The van der Waals surface area contributed by atoms with Gasteiger partial charge in [-0.25, -0.2) is 29.7 Å². The third-order valence-corrected chi connectivity index (χ3v) is 32.9. The summed E-state index contributed by atoms with van der Waals surface area (Å²) >= 11 is 0. The van der Waals surface area contributed by atoms with E-state index in [1.54, 1.807) is 6.92 Å². The number of fused-ring (bicyclic) bond motifs is 9. The van der Waals surface area contributed by atoms with Crippen LogP contribution in [0.25, 0.3) is 101 Å². The molecule has 0 unspecified atom stereocenters. The Bertz CT molecular complexity index is 5490. The first-order valence-electron chi connectivity index (χ1n) is 46.8. The summed E-state index contributed by atoms with van der Waals surface area (Å²) in [4.78, 5) is 51.2. The molecule has 9 aliphatic rings. The Morgan fingerprint density at radius 1 is 0.400 bits per heavy atom. The Hall–Kier alpha value is -9.22. The van der Waals surface area contributed by atoms with Crippen molar-refractivity contribution < 1.29 is 18.7 Å². The van der Waals surface area contributed by atoms with Crippen LogP contribution in [-0.4, -0.2) is 54.1 Å². The number of pyridine rings is 4. The molecule has 6 aromatic heterocycles. The van der Waals surface area contributed by atoms with Gasteiger partial charge in [0.05, 0.1) is 70.1 Å². The summed E-state index contributed by atoms with van der Waals surface area (Å²) in [5.74, 6) is 5.34. The van der Waals surface area contributed by atoms with E-state index in [9.17, 15) is 4.79 Å². The SMILES string of the molecule is C=C(C)C(=O)OCCCCCCCCCCOc1ccc(-c2cnc(-c3ccc4c(c3)C3(c5cc(-c6ccc(-c7ncc(-c8ccc9c(n8)C8(c%10nc(-c%11ccc%12c(n%11)C%11(c%13nc(C)ccc%13-%12)C%12(C)CC(CCC)CC%11(C)CC(CCC)C%12)ccc%10-9)C9(C)CC(CCC)CC8(C)CC(CCC)C9)cn7)cc6)ccc5-4)C4(C)CCC3(C)CC4)o2)cc1. The second-order valence-corrected chi connectivity index (χ2v) is 41.0. The van der Waals surface area contributed by atoms with E-state index >= 15 is 0 Å². The van der Waals surface area contributed by atoms with E-state index in [0.717, 1.165) is 88.6 Å². The van der Waals surface area contributed by atoms with Gasteiger partial charge in [-0.05, 0) is 260 Å². The Balaban J connectivity index is 0.587. The number of esters is 1. The van der Waals surface area contributed by atoms with E-state index in [1.807, 2.05) is 30.7 Å². The Kier molecular flexibility index (Phi) is 20.6. The molecule has 0 atom stereocenters. The molecule has 9 aliphatic carbocycles. The van der Waals surface area contributed by atoms with Gasteiger partial charge in [0.25, 0.3) is 0 Å². The van der Waals surface area contributed by atoms with Crippen molar-refractivity contribution in [2.24, 2.45) is 56.2 Å². The molecule has 6 heterocycles. The molecule has 6 saturated carbocycles. The van der Waals surface area contributed by atoms with Gasteiger partial charge in [-0.1, -0.05) is 232 Å². The molecule has 6 bridgehead atoms. The summed E-state index contributed by atoms with van der Waals surface area (Å²) in [6, 6.07) is 50.3. The van der Waals surface area contributed by atoms with Crippen molar-refractivity contribution in [3.63, 3.8) is 0 Å². The minimum absolute atomic E-state index is 0.00135. The van der Waals surface area contributed by atoms with E-state index < -0.39 is 5.41 Å². The molecule has 0 aliphatic heterocycles. The van der Waals surface area contributed by atoms with Gasteiger partial charge in [0.15, 0.2) is 11.6 Å². The van der Waals surface area contributed by atoms with Crippen LogP contribution in [0.5, 0.6) is 5.75 Å². The predicted octanol–water partition coefficient (Wildman–Crippen LogP) is 28.2. The molecule has 0 N–H and O–H groups in total. The number of nitrogens with zero attached hydrogens (tertiary/aromatic N) is 7. The molecular formula is C109H127N7O4. The molecule has 10 aromatic rings. The lowest BCUT2D eigenvalue weighted by Crippen LogP contribution is -2.64. The lowest BCUT2D eigenvalue weighted by atomic mass is 9.36. The molecule has 0 saturated heterocycles. The van der Waals surface area contributed by atoms with E-state index in [2.05, 4.69) is 204 Å². The number of carbonyl (C=O) groups is 1. The first-order valence-corrected chi connectivity index (χ1v) is 46.8. The standard InChI is InChI=1S/C109H127N7O4/c1-14-26-71-58-103(10)60-72(27-15-2)61-104(11,59-71)108(103)94-84(41-30-70(7)113-94)86-45-48-91(115-96(86)108)92-49-46-87-85-44-47-90(114-95(85)109(97(87)116-92)105(12)62-73(28-16-3)63-106(109,13)65-74(64-105)29-17-4)80-66-110-98(111-67-80)77-33-31-75(32-34-77)78-37-42-82-83-43-38-79(57-89(83)107(88(82)56-78)101(8)50-52-102(107,9)53-51-101)99-112-68-93(120-99)76-35-39-81(40-36-76)118-54-24-22-20-18-19-21-23-25-55-119-100(117)69(5)6/h30-49,56-57,66-68,71-74H,5,14-29,50-55,58-65H2,1-4,6-13H3. The highest BCUT2D eigenvalue weighted by Crippen LogP contribution is 2.81. The first kappa shape index (κ1) is 80.5. The molecule has 0 amide bonds. The fourth-order valence-corrected chi connectivity index (χ4v) is 28.9. The molecule has 4 aromatic carbocycles. The summed E-state index contributed by atoms with van der Waals surface area (Å²) < 4.78 is 18.1. The number of hydrogen-bond donors (Lipinski definition) is 0. The van der Waals surface area contributed by atoms with Gasteiger partial charge in [0, 0.05) is 73.6 Å². The van der Waals surface area contributed by atoms with Crippen molar-refractivity contribution in [3.05, 3.63) is 204 Å². The fraction of sp³-hybridized carbons (Fsp3) is 0.505. The maximum Gasteiger partial charge on any atom is 0.333 e. The highest BCUT2D eigenvalue weighted by Gasteiger charge is 2.75. The second-order valence-electron chi connectivity index (χ2n) is 41.0. The molecule has 622 valence electrons. The van der Waals surface area contributed by atoms with E-state index in [1.165, 1.54) is 226 Å². The molecule has 6 fully saturated rings. The van der Waals surface area contributed by atoms with E-state index in [-0.39, 0.29) is 49.3 Å². The molecule has 0 radical (unpaired) electrons. The average Bonchev–Trinajstić information content (AvgIpc) is 1.44. The number of unbranched alkanes of at least 4 members (excludes halogenated alkanes) is 7. The third-order valence-electron chi connectivity index (χ3n) is 32.9. The zero-order chi connectivity index (χ0) is 82.9. The molecular weight excluding hydrogens is 1470 g/mol.